The zero-order chi connectivity index (χ0) is 19.5. The molecule has 0 spiro atoms. The molecular weight excluding hydrogens is 368 g/mol. The van der Waals surface area contributed by atoms with Gasteiger partial charge in [0.1, 0.15) is 0 Å². The van der Waals surface area contributed by atoms with E-state index in [4.69, 9.17) is 4.52 Å². The lowest BCUT2D eigenvalue weighted by Crippen LogP contribution is -2.46. The van der Waals surface area contributed by atoms with Gasteiger partial charge >= 0.3 is 0 Å². The standard InChI is InChI=1S/C22H26N4OS/c1-16-4-5-17(2)20(14-16)26-12-10-25(11-13-26)15-21-23-22(24-27-21)18-6-8-19(28-3)9-7-18/h4-9,14H,10-13,15H2,1-3H3. The quantitative estimate of drug-likeness (QED) is 0.598. The molecular formula is C22H26N4OS. The van der Waals surface area contributed by atoms with E-state index in [2.05, 4.69) is 70.4 Å². The van der Waals surface area contributed by atoms with Crippen LogP contribution in [0.2, 0.25) is 0 Å². The number of aryl methyl sites for hydroxylation is 2. The molecule has 0 radical (unpaired) electrons. The highest BCUT2D eigenvalue weighted by Gasteiger charge is 2.20. The molecule has 5 nitrogen and oxygen atoms in total. The molecule has 0 saturated carbocycles. The normalized spacial score (nSPS) is 15.2. The van der Waals surface area contributed by atoms with Crippen LogP contribution < -0.4 is 4.90 Å². The monoisotopic (exact) mass is 394 g/mol. The second-order valence-corrected chi connectivity index (χ2v) is 8.17. The molecule has 0 bridgehead atoms. The van der Waals surface area contributed by atoms with Crippen molar-refractivity contribution in [1.29, 1.82) is 0 Å². The van der Waals surface area contributed by atoms with E-state index in [0.717, 1.165) is 31.7 Å². The lowest BCUT2D eigenvalue weighted by Gasteiger charge is -2.36. The summed E-state index contributed by atoms with van der Waals surface area (Å²) in [7, 11) is 0. The molecule has 0 amide bonds. The van der Waals surface area contributed by atoms with Crippen molar-refractivity contribution in [3.05, 3.63) is 59.5 Å². The fraction of sp³-hybridized carbons (Fsp3) is 0.364. The lowest BCUT2D eigenvalue weighted by molar-refractivity contribution is 0.215. The molecule has 6 heteroatoms. The summed E-state index contributed by atoms with van der Waals surface area (Å²) in [6, 6.07) is 14.9. The van der Waals surface area contributed by atoms with E-state index in [9.17, 15) is 0 Å². The molecule has 2 heterocycles. The van der Waals surface area contributed by atoms with E-state index >= 15 is 0 Å². The first-order valence-corrected chi connectivity index (χ1v) is 10.9. The maximum absolute atomic E-state index is 5.50. The Morgan fingerprint density at radius 2 is 1.75 bits per heavy atom. The van der Waals surface area contributed by atoms with Crippen LogP contribution in [0.1, 0.15) is 17.0 Å². The molecule has 0 aliphatic carbocycles. The predicted octanol–water partition coefficient (Wildman–Crippen LogP) is 4.40. The molecule has 3 aromatic rings. The van der Waals surface area contributed by atoms with E-state index in [1.165, 1.54) is 21.7 Å². The van der Waals surface area contributed by atoms with Gasteiger partial charge in [0.15, 0.2) is 0 Å². The van der Waals surface area contributed by atoms with Crippen molar-refractivity contribution >= 4 is 17.4 Å². The van der Waals surface area contributed by atoms with Gasteiger partial charge in [-0.25, -0.2) is 0 Å². The molecule has 1 aromatic heterocycles. The summed E-state index contributed by atoms with van der Waals surface area (Å²) in [5.41, 5.74) is 5.00. The van der Waals surface area contributed by atoms with Gasteiger partial charge in [0.2, 0.25) is 11.7 Å². The first-order valence-electron chi connectivity index (χ1n) is 9.64. The molecule has 1 saturated heterocycles. The number of rotatable bonds is 5. The summed E-state index contributed by atoms with van der Waals surface area (Å²) in [5, 5.41) is 4.16. The molecule has 1 aliphatic heterocycles. The third kappa shape index (κ3) is 4.23. The van der Waals surface area contributed by atoms with Gasteiger partial charge in [-0.1, -0.05) is 17.3 Å². The van der Waals surface area contributed by atoms with E-state index in [-0.39, 0.29) is 0 Å². The van der Waals surface area contributed by atoms with Crippen LogP contribution in [0.4, 0.5) is 5.69 Å². The van der Waals surface area contributed by atoms with Gasteiger partial charge in [0, 0.05) is 42.3 Å². The molecule has 2 aromatic carbocycles. The zero-order valence-electron chi connectivity index (χ0n) is 16.7. The highest BCUT2D eigenvalue weighted by Crippen LogP contribution is 2.24. The third-order valence-corrected chi connectivity index (χ3v) is 6.00. The number of hydrogen-bond donors (Lipinski definition) is 0. The second-order valence-electron chi connectivity index (χ2n) is 7.29. The minimum atomic E-state index is 0.664. The van der Waals surface area contributed by atoms with Gasteiger partial charge in [-0.15, -0.1) is 11.8 Å². The van der Waals surface area contributed by atoms with Crippen LogP contribution in [0.15, 0.2) is 51.9 Å². The Morgan fingerprint density at radius 1 is 1.00 bits per heavy atom. The maximum atomic E-state index is 5.50. The van der Waals surface area contributed by atoms with Gasteiger partial charge in [-0.3, -0.25) is 4.90 Å². The smallest absolute Gasteiger partial charge is 0.241 e. The highest BCUT2D eigenvalue weighted by atomic mass is 32.2. The molecule has 146 valence electrons. The summed E-state index contributed by atoms with van der Waals surface area (Å²) in [6.45, 7) is 9.06. The van der Waals surface area contributed by atoms with Crippen molar-refractivity contribution in [2.24, 2.45) is 0 Å². The first kappa shape index (κ1) is 19.0. The average molecular weight is 395 g/mol. The summed E-state index contributed by atoms with van der Waals surface area (Å²) in [4.78, 5) is 10.7. The Balaban J connectivity index is 1.36. The molecule has 0 N–H and O–H groups in total. The molecule has 1 aliphatic rings. The predicted molar refractivity (Wildman–Crippen MR) is 115 cm³/mol. The Labute approximate surface area is 170 Å². The largest absolute Gasteiger partial charge is 0.369 e. The van der Waals surface area contributed by atoms with Crippen LogP contribution in [0.5, 0.6) is 0 Å². The first-order chi connectivity index (χ1) is 13.6. The number of hydrogen-bond acceptors (Lipinski definition) is 6. The zero-order valence-corrected chi connectivity index (χ0v) is 17.5. The van der Waals surface area contributed by atoms with Crippen LogP contribution in [0, 0.1) is 13.8 Å². The Morgan fingerprint density at radius 3 is 2.46 bits per heavy atom. The Kier molecular flexibility index (Phi) is 5.69. The van der Waals surface area contributed by atoms with Crippen molar-refractivity contribution in [2.75, 3.05) is 37.3 Å². The van der Waals surface area contributed by atoms with Crippen molar-refractivity contribution in [3.8, 4) is 11.4 Å². The topological polar surface area (TPSA) is 45.4 Å². The summed E-state index contributed by atoms with van der Waals surface area (Å²) in [6.07, 6.45) is 2.07. The van der Waals surface area contributed by atoms with Crippen LogP contribution >= 0.6 is 11.8 Å². The van der Waals surface area contributed by atoms with E-state index in [1.807, 2.05) is 12.1 Å². The van der Waals surface area contributed by atoms with Gasteiger partial charge in [-0.2, -0.15) is 4.98 Å². The van der Waals surface area contributed by atoms with Crippen LogP contribution in [-0.4, -0.2) is 47.5 Å². The molecule has 28 heavy (non-hydrogen) atoms. The highest BCUT2D eigenvalue weighted by molar-refractivity contribution is 7.98. The second kappa shape index (κ2) is 8.37. The SMILES string of the molecule is CSc1ccc(-c2noc(CN3CCN(c4cc(C)ccc4C)CC3)n2)cc1. The van der Waals surface area contributed by atoms with Crippen molar-refractivity contribution in [2.45, 2.75) is 25.3 Å². The number of piperazine rings is 1. The molecule has 4 rings (SSSR count). The summed E-state index contributed by atoms with van der Waals surface area (Å²) >= 11 is 1.73. The van der Waals surface area contributed by atoms with E-state index < -0.39 is 0 Å². The van der Waals surface area contributed by atoms with Gasteiger partial charge in [-0.05, 0) is 61.6 Å². The minimum Gasteiger partial charge on any atom is -0.369 e. The van der Waals surface area contributed by atoms with Gasteiger partial charge in [0.05, 0.1) is 6.54 Å². The molecule has 1 fully saturated rings. The lowest BCUT2D eigenvalue weighted by atomic mass is 10.1. The van der Waals surface area contributed by atoms with Crippen molar-refractivity contribution in [3.63, 3.8) is 0 Å². The Bertz CT molecular complexity index is 930. The number of thioether (sulfide) groups is 1. The number of anilines is 1. The van der Waals surface area contributed by atoms with Crippen LogP contribution in [-0.2, 0) is 6.54 Å². The van der Waals surface area contributed by atoms with Gasteiger partial charge in [0.25, 0.3) is 0 Å². The minimum absolute atomic E-state index is 0.664. The number of nitrogens with zero attached hydrogens (tertiary/aromatic N) is 4. The number of aromatic nitrogens is 2. The average Bonchev–Trinajstić information content (AvgIpc) is 3.19. The van der Waals surface area contributed by atoms with Crippen LogP contribution in [0.3, 0.4) is 0 Å². The number of benzene rings is 2. The van der Waals surface area contributed by atoms with Crippen molar-refractivity contribution in [1.82, 2.24) is 15.0 Å². The third-order valence-electron chi connectivity index (χ3n) is 5.25. The maximum Gasteiger partial charge on any atom is 0.241 e. The van der Waals surface area contributed by atoms with Crippen molar-refractivity contribution < 1.29 is 4.52 Å². The summed E-state index contributed by atoms with van der Waals surface area (Å²) in [5.74, 6) is 1.35. The molecule has 0 atom stereocenters. The van der Waals surface area contributed by atoms with Crippen LogP contribution in [0.25, 0.3) is 11.4 Å². The molecule has 0 unspecified atom stereocenters. The fourth-order valence-electron chi connectivity index (χ4n) is 3.57. The van der Waals surface area contributed by atoms with E-state index in [0.29, 0.717) is 18.3 Å². The van der Waals surface area contributed by atoms with E-state index in [1.54, 1.807) is 11.8 Å². The fourth-order valence-corrected chi connectivity index (χ4v) is 3.98. The van der Waals surface area contributed by atoms with Gasteiger partial charge < -0.3 is 9.42 Å². The Hall–Kier alpha value is -2.31. The summed E-state index contributed by atoms with van der Waals surface area (Å²) < 4.78 is 5.50.